The number of fused-ring (bicyclic) bond motifs is 3. The van der Waals surface area contributed by atoms with E-state index in [-0.39, 0.29) is 94.9 Å². The van der Waals surface area contributed by atoms with Crippen molar-refractivity contribution < 1.29 is 121 Å². The van der Waals surface area contributed by atoms with Gasteiger partial charge in [0.15, 0.2) is 0 Å². The molecule has 0 spiro atoms. The summed E-state index contributed by atoms with van der Waals surface area (Å²) in [5, 5.41) is 19.5. The fourth-order valence-electron chi connectivity index (χ4n) is 7.94. The molecule has 3 aromatic heterocycles. The summed E-state index contributed by atoms with van der Waals surface area (Å²) in [4.78, 5) is 35.4. The Morgan fingerprint density at radius 3 is 1.16 bits per heavy atom. The van der Waals surface area contributed by atoms with Gasteiger partial charge in [-0.1, -0.05) is 176 Å². The van der Waals surface area contributed by atoms with E-state index < -0.39 is 17.9 Å². The number of aromatic amines is 1. The molecule has 9 aromatic rings. The molecule has 108 heavy (non-hydrogen) atoms. The first-order chi connectivity index (χ1) is 49.5. The summed E-state index contributed by atoms with van der Waals surface area (Å²) < 4.78 is 59.7. The number of esters is 3. The molecular formula is C82H110Br2Cl3F3I2N6O6PdPt2Zn-6. The molecule has 1 N–H and O–H groups in total. The number of methoxy groups -OCH3 is 3. The average Bonchev–Trinajstić information content (AvgIpc) is 1.62. The van der Waals surface area contributed by atoms with Crippen LogP contribution in [0.25, 0.3) is 32.7 Å². The molecule has 2 aliphatic rings. The summed E-state index contributed by atoms with van der Waals surface area (Å²) in [5.74, 6) is -1.59. The molecule has 0 atom stereocenters. The SMILES string of the molecule is C.C.COC(=O)c1ccc(Cl)c2cn[nH]c12.COC(=O)c1ccc(Cl)c2cnn(Cc3ccc(C4CCC4)c(F)c3)c12.COC(=O)c1ccc(Cl)c2cnn(Cc3ccc(I)c(F)c3)c12.Fc1cc(CBr)ccc1I.[CH-]1CCC1.[CH2-]CCC.[CH2-]CCC.[CH2-]CCC.[CH2-]CCC.[CH2-]CCC.[CH2-]CCC.[Pd].[Pt].[Pt].[Zn+][Br]. The molecule has 0 amide bonds. The number of benzene rings is 6. The first-order valence-electron chi connectivity index (χ1n) is 34.3. The number of unbranched alkanes of at least 4 members (excludes halogenated alkanes) is 6. The topological polar surface area (TPSA) is 143 Å². The maximum atomic E-state index is 14.5. The van der Waals surface area contributed by atoms with E-state index in [0.29, 0.717) is 90.6 Å². The van der Waals surface area contributed by atoms with Gasteiger partial charge in [-0.25, -0.2) is 27.6 Å². The summed E-state index contributed by atoms with van der Waals surface area (Å²) in [7, 11) is 3.98. The predicted molar refractivity (Wildman–Crippen MR) is 459 cm³/mol. The van der Waals surface area contributed by atoms with Crippen LogP contribution in [0.4, 0.5) is 13.2 Å². The number of nitrogens with zero attached hydrogens (tertiary/aromatic N) is 5. The maximum absolute atomic E-state index is 14.5. The van der Waals surface area contributed by atoms with E-state index in [9.17, 15) is 27.6 Å². The van der Waals surface area contributed by atoms with Crippen LogP contribution in [-0.4, -0.2) is 69.0 Å². The van der Waals surface area contributed by atoms with Crippen LogP contribution < -0.4 is 0 Å². The normalized spacial score (nSPS) is 10.7. The van der Waals surface area contributed by atoms with E-state index in [4.69, 9.17) is 44.3 Å². The molecule has 26 heteroatoms. The van der Waals surface area contributed by atoms with Gasteiger partial charge >= 0.3 is 47.9 Å². The van der Waals surface area contributed by atoms with Crippen molar-refractivity contribution in [3.05, 3.63) is 236 Å². The molecular weight excluding hydrogens is 2300 g/mol. The summed E-state index contributed by atoms with van der Waals surface area (Å²) in [5.41, 5.74) is 6.24. The predicted octanol–water partition coefficient (Wildman–Crippen LogP) is 27.7. The average molecular weight is 2410 g/mol. The third kappa shape index (κ3) is 43.0. The van der Waals surface area contributed by atoms with Gasteiger partial charge in [-0.15, -0.1) is 6.42 Å². The Balaban J connectivity index is -0.000000288. The fraction of sp³-hybridized carbons (Fsp3) is 0.402. The Morgan fingerprint density at radius 2 is 0.852 bits per heavy atom. The van der Waals surface area contributed by atoms with Crippen LogP contribution in [0, 0.1) is 72.6 Å². The molecule has 0 unspecified atom stereocenters. The molecule has 0 bridgehead atoms. The van der Waals surface area contributed by atoms with Crippen molar-refractivity contribution in [2.75, 3.05) is 21.3 Å². The number of hydrogen-bond acceptors (Lipinski definition) is 9. The van der Waals surface area contributed by atoms with Crippen LogP contribution in [0.2, 0.25) is 15.1 Å². The molecule has 612 valence electrons. The molecule has 12 nitrogen and oxygen atoms in total. The molecule has 2 aliphatic carbocycles. The fourth-order valence-corrected chi connectivity index (χ4v) is 9.57. The quantitative estimate of drug-likeness (QED) is 0.0265. The van der Waals surface area contributed by atoms with Gasteiger partial charge in [-0.2, -0.15) is 66.7 Å². The van der Waals surface area contributed by atoms with E-state index in [1.54, 1.807) is 82.6 Å². The van der Waals surface area contributed by atoms with Gasteiger partial charge in [0, 0.05) is 91.2 Å². The number of carbonyl (C=O) groups excluding carboxylic acids is 3. The van der Waals surface area contributed by atoms with Crippen molar-refractivity contribution in [2.45, 2.75) is 196 Å². The van der Waals surface area contributed by atoms with E-state index in [1.807, 2.05) is 69.4 Å². The molecule has 3 heterocycles. The number of alkyl halides is 1. The van der Waals surface area contributed by atoms with E-state index >= 15 is 0 Å². The first-order valence-corrected chi connectivity index (χ1v) is 45.6. The van der Waals surface area contributed by atoms with Crippen molar-refractivity contribution in [3.63, 3.8) is 0 Å². The minimum atomic E-state index is -0.470. The monoisotopic (exact) mass is 2410 g/mol. The zero-order valence-electron chi connectivity index (χ0n) is 62.3. The third-order valence-corrected chi connectivity index (χ3v) is 18.0. The molecule has 2 fully saturated rings. The summed E-state index contributed by atoms with van der Waals surface area (Å²) in [6.45, 7) is 35.0. The Kier molecular flexibility index (Phi) is 77.2. The standard InChI is InChI=1S/C20H18ClFN2O2.C16H11ClFIN2O2.C9H7ClN2O2.C7H5BrFI.C4H7.6C4H9.2CH4.BrH.Pd.2Pt.Zn/c1-26-20(25)15-7-8-17(21)16-10-23-24(19(15)16)11-12-5-6-14(18(22)9-12)13-3-2-4-13;1-23-16(22)10-3-4-12(17)11-7-20-21(15(10)11)8-9-2-5-14(19)13(18)6-9;1-14-9(13)5-2-3-7(10)6-4-11-12-8(5)6;8-4-5-1-2-7(10)6(9)3-5;1-2-4-3-1;6*1-3-4-2;;;;;;;/h5-10,13H,2-4,11H2,1H3;2-7H,8H2,1H3;2-4H,1H3,(H,11,12);1-3H,4H2;1H,2-4H2;6*1,3-4H2,2H3;2*1H4;1H;;;;/q;;;;7*-1;;;;;;;+2/p-1. The van der Waals surface area contributed by atoms with Gasteiger partial charge in [0.2, 0.25) is 0 Å². The molecule has 0 radical (unpaired) electrons. The van der Waals surface area contributed by atoms with Crippen molar-refractivity contribution in [1.82, 2.24) is 29.8 Å². The zero-order valence-corrected chi connectivity index (χ0v) is 81.1. The van der Waals surface area contributed by atoms with Crippen LogP contribution in [0.5, 0.6) is 0 Å². The van der Waals surface area contributed by atoms with Gasteiger partial charge in [0.05, 0.1) is 101 Å². The van der Waals surface area contributed by atoms with Crippen LogP contribution in [0.1, 0.15) is 231 Å². The number of hydrogen-bond donors (Lipinski definition) is 1. The third-order valence-electron chi connectivity index (χ3n) is 14.6. The van der Waals surface area contributed by atoms with Crippen molar-refractivity contribution in [2.24, 2.45) is 0 Å². The number of carbonyl (C=O) groups is 3. The van der Waals surface area contributed by atoms with Gasteiger partial charge in [-0.05, 0) is 153 Å². The Labute approximate surface area is 755 Å². The molecule has 0 saturated heterocycles. The molecule has 0 aliphatic heterocycles. The van der Waals surface area contributed by atoms with Gasteiger partial charge < -0.3 is 62.2 Å². The second kappa shape index (κ2) is 71.4. The van der Waals surface area contributed by atoms with Crippen LogP contribution in [-0.2, 0) is 112 Å². The number of rotatable bonds is 15. The summed E-state index contributed by atoms with van der Waals surface area (Å²) in [6.07, 6.45) is 28.2. The van der Waals surface area contributed by atoms with E-state index in [2.05, 4.69) is 144 Å². The summed E-state index contributed by atoms with van der Waals surface area (Å²) in [6, 6.07) is 25.3. The number of aromatic nitrogens is 6. The minimum absolute atomic E-state index is 0. The van der Waals surface area contributed by atoms with Crippen LogP contribution in [0.15, 0.2) is 110 Å². The number of nitrogens with one attached hydrogen (secondary N) is 1. The molecule has 2 saturated carbocycles. The Morgan fingerprint density at radius 1 is 0.537 bits per heavy atom. The number of H-pyrrole nitrogens is 1. The Hall–Kier alpha value is -2.12. The van der Waals surface area contributed by atoms with Gasteiger partial charge in [0.1, 0.15) is 17.5 Å². The number of halogens is 10. The first kappa shape index (κ1) is 117. The van der Waals surface area contributed by atoms with Crippen molar-refractivity contribution in [1.29, 1.82) is 0 Å². The summed E-state index contributed by atoms with van der Waals surface area (Å²) >= 11 is 29.7. The number of ether oxygens (including phenoxy) is 3. The van der Waals surface area contributed by atoms with Gasteiger partial charge in [0.25, 0.3) is 0 Å². The van der Waals surface area contributed by atoms with Crippen molar-refractivity contribution in [3.8, 4) is 0 Å². The van der Waals surface area contributed by atoms with Crippen LogP contribution >= 0.6 is 110 Å². The van der Waals surface area contributed by atoms with Crippen LogP contribution in [0.3, 0.4) is 0 Å². The zero-order chi connectivity index (χ0) is 77.8. The second-order valence-corrected chi connectivity index (χ2v) is 26.6. The Bertz CT molecular complexity index is 3800. The van der Waals surface area contributed by atoms with E-state index in [0.717, 1.165) is 79.0 Å². The second-order valence-electron chi connectivity index (χ2n) is 22.5. The van der Waals surface area contributed by atoms with Crippen molar-refractivity contribution >= 4 is 160 Å². The molecule has 6 aromatic carbocycles. The van der Waals surface area contributed by atoms with E-state index in [1.165, 1.54) is 114 Å². The van der Waals surface area contributed by atoms with Gasteiger partial charge in [-0.3, -0.25) is 14.5 Å². The molecule has 11 rings (SSSR count).